The fourth-order valence-electron chi connectivity index (χ4n) is 3.54. The number of hydrogen-bond donors (Lipinski definition) is 0. The van der Waals surface area contributed by atoms with Gasteiger partial charge in [0.2, 0.25) is 5.88 Å². The number of esters is 1. The highest BCUT2D eigenvalue weighted by Gasteiger charge is 2.35. The van der Waals surface area contributed by atoms with Gasteiger partial charge in [-0.3, -0.25) is 4.79 Å². The highest BCUT2D eigenvalue weighted by Crippen LogP contribution is 2.36. The molecular formula is C26H29ClF3N3O4S. The van der Waals surface area contributed by atoms with Crippen molar-refractivity contribution in [3.05, 3.63) is 52.9 Å². The van der Waals surface area contributed by atoms with Crippen molar-refractivity contribution in [1.82, 2.24) is 14.5 Å². The molecular weight excluding hydrogens is 543 g/mol. The van der Waals surface area contributed by atoms with Crippen LogP contribution in [-0.2, 0) is 27.2 Å². The number of nitrogens with zero attached hydrogens (tertiary/aromatic N) is 3. The van der Waals surface area contributed by atoms with E-state index < -0.39 is 23.3 Å². The minimum absolute atomic E-state index is 0.0600. The van der Waals surface area contributed by atoms with Crippen LogP contribution in [0.4, 0.5) is 13.2 Å². The van der Waals surface area contributed by atoms with E-state index in [1.807, 2.05) is 13.2 Å². The minimum Gasteiger partial charge on any atom is -0.476 e. The van der Waals surface area contributed by atoms with Crippen LogP contribution in [0.15, 0.2) is 36.7 Å². The first-order valence-corrected chi connectivity index (χ1v) is 13.3. The summed E-state index contributed by atoms with van der Waals surface area (Å²) in [7, 11) is 1.32. The van der Waals surface area contributed by atoms with Gasteiger partial charge in [0.05, 0.1) is 24.2 Å². The Kier molecular flexibility index (Phi) is 9.72. The number of benzene rings is 1. The molecule has 0 bridgehead atoms. The molecule has 38 heavy (non-hydrogen) atoms. The summed E-state index contributed by atoms with van der Waals surface area (Å²) in [5.41, 5.74) is 0.789. The third-order valence-electron chi connectivity index (χ3n) is 5.65. The summed E-state index contributed by atoms with van der Waals surface area (Å²) >= 11 is 8.13. The number of alkyl halides is 3. The van der Waals surface area contributed by atoms with E-state index in [2.05, 4.69) is 9.97 Å². The lowest BCUT2D eigenvalue weighted by molar-refractivity contribution is -0.152. The van der Waals surface area contributed by atoms with E-state index in [-0.39, 0.29) is 24.2 Å². The summed E-state index contributed by atoms with van der Waals surface area (Å²) in [6.07, 6.45) is -0.153. The van der Waals surface area contributed by atoms with Gasteiger partial charge in [-0.15, -0.1) is 0 Å². The maximum atomic E-state index is 13.4. The topological polar surface area (TPSA) is 75.5 Å². The van der Waals surface area contributed by atoms with Crippen LogP contribution in [0.1, 0.15) is 25.1 Å². The van der Waals surface area contributed by atoms with Crippen LogP contribution in [0, 0.1) is 12.3 Å². The first-order valence-electron chi connectivity index (χ1n) is 11.6. The number of imidazole rings is 1. The number of rotatable bonds is 11. The van der Waals surface area contributed by atoms with E-state index in [0.29, 0.717) is 23.8 Å². The molecule has 3 rings (SSSR count). The molecule has 0 spiro atoms. The van der Waals surface area contributed by atoms with Crippen molar-refractivity contribution in [2.75, 3.05) is 32.3 Å². The molecule has 0 amide bonds. The van der Waals surface area contributed by atoms with Crippen molar-refractivity contribution in [3.8, 4) is 28.4 Å². The Morgan fingerprint density at radius 1 is 1.18 bits per heavy atom. The Labute approximate surface area is 228 Å². The first kappa shape index (κ1) is 29.8. The van der Waals surface area contributed by atoms with Crippen molar-refractivity contribution >= 4 is 29.3 Å². The first-order chi connectivity index (χ1) is 17.9. The van der Waals surface area contributed by atoms with Crippen molar-refractivity contribution in [3.63, 3.8) is 0 Å². The van der Waals surface area contributed by atoms with Gasteiger partial charge in [0.15, 0.2) is 5.69 Å². The zero-order valence-electron chi connectivity index (χ0n) is 21.7. The molecule has 0 aliphatic heterocycles. The molecule has 206 valence electrons. The van der Waals surface area contributed by atoms with Crippen molar-refractivity contribution in [2.24, 2.45) is 5.41 Å². The number of pyridine rings is 1. The van der Waals surface area contributed by atoms with Gasteiger partial charge in [0.1, 0.15) is 19.2 Å². The smallest absolute Gasteiger partial charge is 0.434 e. The Bertz CT molecular complexity index is 1280. The van der Waals surface area contributed by atoms with E-state index in [9.17, 15) is 18.0 Å². The lowest BCUT2D eigenvalue weighted by Gasteiger charge is -2.21. The number of ether oxygens (including phenoxy) is 3. The third-order valence-corrected chi connectivity index (χ3v) is 6.54. The van der Waals surface area contributed by atoms with Crippen LogP contribution in [0.5, 0.6) is 5.88 Å². The van der Waals surface area contributed by atoms with Gasteiger partial charge in [-0.1, -0.05) is 17.7 Å². The number of halogens is 4. The minimum atomic E-state index is -4.61. The number of carbonyl (C=O) groups is 1. The van der Waals surface area contributed by atoms with Gasteiger partial charge < -0.3 is 18.8 Å². The molecule has 1 aromatic carbocycles. The Balaban J connectivity index is 1.86. The molecule has 2 aromatic heterocycles. The molecule has 0 aliphatic rings. The van der Waals surface area contributed by atoms with E-state index in [1.165, 1.54) is 11.7 Å². The summed E-state index contributed by atoms with van der Waals surface area (Å²) < 4.78 is 57.5. The van der Waals surface area contributed by atoms with Crippen LogP contribution >= 0.6 is 23.4 Å². The van der Waals surface area contributed by atoms with Crippen molar-refractivity contribution < 1.29 is 32.2 Å². The number of thioether (sulfide) groups is 1. The maximum absolute atomic E-state index is 13.4. The second-order valence-corrected chi connectivity index (χ2v) is 10.5. The van der Waals surface area contributed by atoms with Crippen molar-refractivity contribution in [2.45, 2.75) is 33.7 Å². The summed E-state index contributed by atoms with van der Waals surface area (Å²) in [4.78, 5) is 20.0. The van der Waals surface area contributed by atoms with E-state index in [1.54, 1.807) is 56.1 Å². The van der Waals surface area contributed by atoms with E-state index >= 15 is 0 Å². The summed E-state index contributed by atoms with van der Waals surface area (Å²) in [6.45, 7) is 5.67. The number of aromatic nitrogens is 3. The fourth-order valence-corrected chi connectivity index (χ4v) is 4.09. The predicted octanol–water partition coefficient (Wildman–Crippen LogP) is 6.51. The fraction of sp³-hybridized carbons (Fsp3) is 0.423. The van der Waals surface area contributed by atoms with E-state index in [4.69, 9.17) is 25.8 Å². The Hall–Kier alpha value is -2.76. The number of methoxy groups -OCH3 is 1. The second-order valence-electron chi connectivity index (χ2n) is 9.14. The Morgan fingerprint density at radius 3 is 2.53 bits per heavy atom. The molecule has 0 N–H and O–H groups in total. The SMILES string of the molecule is COC(=O)C(C)(C)COc1cc(C)c(-c2ccc(-c3nc(C(F)(F)F)cn3COCCSC)c(Cl)c2)cn1. The van der Waals surface area contributed by atoms with Crippen LogP contribution in [0.3, 0.4) is 0 Å². The predicted molar refractivity (Wildman–Crippen MR) is 141 cm³/mol. The van der Waals surface area contributed by atoms with Gasteiger partial charge >= 0.3 is 12.1 Å². The van der Waals surface area contributed by atoms with Crippen LogP contribution in [-0.4, -0.2) is 52.8 Å². The van der Waals surface area contributed by atoms with Gasteiger partial charge in [0.25, 0.3) is 0 Å². The number of hydrogen-bond acceptors (Lipinski definition) is 7. The van der Waals surface area contributed by atoms with Crippen LogP contribution in [0.2, 0.25) is 5.02 Å². The maximum Gasteiger partial charge on any atom is 0.434 e. The van der Waals surface area contributed by atoms with E-state index in [0.717, 1.165) is 22.9 Å². The Morgan fingerprint density at radius 2 is 1.92 bits per heavy atom. The molecule has 0 atom stereocenters. The van der Waals surface area contributed by atoms with Gasteiger partial charge in [0, 0.05) is 35.3 Å². The molecule has 0 unspecified atom stereocenters. The highest BCUT2D eigenvalue weighted by atomic mass is 35.5. The average Bonchev–Trinajstić information content (AvgIpc) is 3.29. The lowest BCUT2D eigenvalue weighted by Crippen LogP contribution is -2.32. The largest absolute Gasteiger partial charge is 0.476 e. The molecule has 3 aromatic rings. The third kappa shape index (κ3) is 7.21. The standard InChI is InChI=1S/C26H29ClF3N3O4S/c1-16-10-22(37-14-25(2,3)24(34)35-4)31-12-19(16)17-6-7-18(20(27)11-17)23-32-21(26(28,29)30)13-33(23)15-36-8-9-38-5/h6-7,10-13H,8-9,14-15H2,1-5H3. The number of aryl methyl sites for hydroxylation is 1. The summed E-state index contributed by atoms with van der Waals surface area (Å²) in [5.74, 6) is 0.723. The molecule has 0 aliphatic carbocycles. The lowest BCUT2D eigenvalue weighted by atomic mass is 9.95. The van der Waals surface area contributed by atoms with Gasteiger partial charge in [-0.05, 0) is 50.3 Å². The quantitative estimate of drug-likeness (QED) is 0.192. The monoisotopic (exact) mass is 571 g/mol. The summed E-state index contributed by atoms with van der Waals surface area (Å²) in [6, 6.07) is 6.76. The normalized spacial score (nSPS) is 12.0. The highest BCUT2D eigenvalue weighted by molar-refractivity contribution is 7.98. The summed E-state index contributed by atoms with van der Waals surface area (Å²) in [5, 5.41) is 0.228. The molecule has 0 radical (unpaired) electrons. The molecule has 0 saturated heterocycles. The molecule has 0 saturated carbocycles. The number of carbonyl (C=O) groups excluding carboxylic acids is 1. The molecule has 12 heteroatoms. The van der Waals surface area contributed by atoms with Gasteiger partial charge in [-0.25, -0.2) is 9.97 Å². The van der Waals surface area contributed by atoms with Crippen molar-refractivity contribution in [1.29, 1.82) is 0 Å². The molecule has 2 heterocycles. The molecule has 0 fully saturated rings. The second kappa shape index (κ2) is 12.4. The van der Waals surface area contributed by atoms with Crippen LogP contribution < -0.4 is 4.74 Å². The van der Waals surface area contributed by atoms with Gasteiger partial charge in [-0.2, -0.15) is 24.9 Å². The van der Waals surface area contributed by atoms with Crippen LogP contribution in [0.25, 0.3) is 22.5 Å². The molecule has 7 nitrogen and oxygen atoms in total. The average molecular weight is 572 g/mol. The zero-order valence-corrected chi connectivity index (χ0v) is 23.3. The zero-order chi connectivity index (χ0) is 28.1.